The van der Waals surface area contributed by atoms with Gasteiger partial charge in [-0.2, -0.15) is 0 Å². The number of aromatic hydroxyl groups is 1. The van der Waals surface area contributed by atoms with Crippen LogP contribution < -0.4 is 10.1 Å². The van der Waals surface area contributed by atoms with Crippen LogP contribution in [-0.4, -0.2) is 19.4 Å². The quantitative estimate of drug-likeness (QED) is 0.403. The number of amides is 1. The van der Waals surface area contributed by atoms with Crippen molar-refractivity contribution in [2.24, 2.45) is 5.92 Å². The Labute approximate surface area is 194 Å². The first kappa shape index (κ1) is 23.8. The van der Waals surface area contributed by atoms with Crippen molar-refractivity contribution < 1.29 is 27.4 Å². The zero-order chi connectivity index (χ0) is 23.6. The molecule has 3 rings (SSSR count). The molecule has 0 radical (unpaired) electrons. The second-order valence-corrected chi connectivity index (χ2v) is 9.83. The van der Waals surface area contributed by atoms with E-state index in [2.05, 4.69) is 5.32 Å². The third-order valence-electron chi connectivity index (χ3n) is 4.35. The highest BCUT2D eigenvalue weighted by molar-refractivity contribution is 7.91. The Morgan fingerprint density at radius 2 is 1.62 bits per heavy atom. The molecule has 10 heteroatoms. The Balaban J connectivity index is 1.94. The molecule has 3 aromatic carbocycles. The number of phenolic OH excluding ortho intramolecular Hbond substituents is 1. The van der Waals surface area contributed by atoms with E-state index < -0.39 is 26.3 Å². The van der Waals surface area contributed by atoms with E-state index in [1.165, 1.54) is 18.2 Å². The lowest BCUT2D eigenvalue weighted by atomic mass is 10.2. The van der Waals surface area contributed by atoms with Crippen LogP contribution in [0.5, 0.6) is 17.2 Å². The smallest absolute Gasteiger partial charge is 0.226 e. The van der Waals surface area contributed by atoms with Crippen molar-refractivity contribution >= 4 is 44.6 Å². The van der Waals surface area contributed by atoms with Crippen molar-refractivity contribution in [2.45, 2.75) is 23.6 Å². The zero-order valence-corrected chi connectivity index (χ0v) is 19.2. The Bertz CT molecular complexity index is 1250. The lowest BCUT2D eigenvalue weighted by molar-refractivity contribution is -0.118. The number of sulfone groups is 1. The minimum absolute atomic E-state index is 0.0336. The standard InChI is InChI=1S/C22H18Cl2FNO5S/c1-12(2)22(28)26-14-9-17(23)21(18(24)10-14)31-15-5-8-19(27)20(11-15)32(29,30)16-6-3-13(25)4-7-16/h3-12,27H,1-2H3,(H,26,28). The molecule has 0 unspecified atom stereocenters. The van der Waals surface area contributed by atoms with E-state index in [1.807, 2.05) is 0 Å². The monoisotopic (exact) mass is 497 g/mol. The molecule has 168 valence electrons. The number of hydrogen-bond donors (Lipinski definition) is 2. The summed E-state index contributed by atoms with van der Waals surface area (Å²) in [5.41, 5.74) is 0.372. The maximum Gasteiger partial charge on any atom is 0.226 e. The molecule has 0 aliphatic heterocycles. The Morgan fingerprint density at radius 3 is 2.19 bits per heavy atom. The fourth-order valence-electron chi connectivity index (χ4n) is 2.65. The first-order chi connectivity index (χ1) is 15.0. The van der Waals surface area contributed by atoms with Crippen LogP contribution in [0.4, 0.5) is 10.1 Å². The predicted molar refractivity (Wildman–Crippen MR) is 120 cm³/mol. The minimum atomic E-state index is -4.16. The largest absolute Gasteiger partial charge is 0.507 e. The number of ether oxygens (including phenoxy) is 1. The molecule has 0 saturated heterocycles. The average molecular weight is 498 g/mol. The SMILES string of the molecule is CC(C)C(=O)Nc1cc(Cl)c(Oc2ccc(O)c(S(=O)(=O)c3ccc(F)cc3)c2)c(Cl)c1. The van der Waals surface area contributed by atoms with Crippen LogP contribution >= 0.6 is 23.2 Å². The molecule has 0 aliphatic rings. The molecule has 0 bridgehead atoms. The molecule has 3 aromatic rings. The highest BCUT2D eigenvalue weighted by atomic mass is 35.5. The van der Waals surface area contributed by atoms with Gasteiger partial charge in [0.25, 0.3) is 0 Å². The van der Waals surface area contributed by atoms with Gasteiger partial charge in [0.1, 0.15) is 22.2 Å². The summed E-state index contributed by atoms with van der Waals surface area (Å²) >= 11 is 12.5. The van der Waals surface area contributed by atoms with Crippen LogP contribution in [0.3, 0.4) is 0 Å². The van der Waals surface area contributed by atoms with Gasteiger partial charge in [-0.05, 0) is 48.5 Å². The number of anilines is 1. The molecule has 32 heavy (non-hydrogen) atoms. The fraction of sp³-hybridized carbons (Fsp3) is 0.136. The third-order valence-corrected chi connectivity index (χ3v) is 6.72. The van der Waals surface area contributed by atoms with Crippen LogP contribution in [0.15, 0.2) is 64.4 Å². The molecule has 0 saturated carbocycles. The molecule has 0 spiro atoms. The van der Waals surface area contributed by atoms with Gasteiger partial charge >= 0.3 is 0 Å². The molecule has 1 amide bonds. The average Bonchev–Trinajstić information content (AvgIpc) is 2.72. The second kappa shape index (κ2) is 9.36. The van der Waals surface area contributed by atoms with Crippen molar-refractivity contribution in [3.63, 3.8) is 0 Å². The van der Waals surface area contributed by atoms with Crippen LogP contribution in [0.25, 0.3) is 0 Å². The second-order valence-electron chi connectivity index (χ2n) is 7.10. The van der Waals surface area contributed by atoms with Crippen LogP contribution in [0, 0.1) is 11.7 Å². The first-order valence-corrected chi connectivity index (χ1v) is 11.5. The van der Waals surface area contributed by atoms with Gasteiger partial charge in [0.15, 0.2) is 5.75 Å². The molecular formula is C22H18Cl2FNO5S. The van der Waals surface area contributed by atoms with Crippen molar-refractivity contribution in [3.8, 4) is 17.2 Å². The Morgan fingerprint density at radius 1 is 1.03 bits per heavy atom. The number of nitrogens with one attached hydrogen (secondary N) is 1. The van der Waals surface area contributed by atoms with Gasteiger partial charge in [0.05, 0.1) is 14.9 Å². The molecule has 6 nitrogen and oxygen atoms in total. The first-order valence-electron chi connectivity index (χ1n) is 9.30. The summed E-state index contributed by atoms with van der Waals surface area (Å²) in [6, 6.07) is 10.7. The molecule has 0 atom stereocenters. The summed E-state index contributed by atoms with van der Waals surface area (Å²) < 4.78 is 44.6. The Hall–Kier alpha value is -2.81. The van der Waals surface area contributed by atoms with Gasteiger partial charge in [-0.25, -0.2) is 12.8 Å². The Kier molecular flexibility index (Phi) is 6.97. The van der Waals surface area contributed by atoms with Gasteiger partial charge in [-0.1, -0.05) is 37.0 Å². The summed E-state index contributed by atoms with van der Waals surface area (Å²) in [6.07, 6.45) is 0. The van der Waals surface area contributed by atoms with E-state index in [4.69, 9.17) is 27.9 Å². The fourth-order valence-corrected chi connectivity index (χ4v) is 4.58. The van der Waals surface area contributed by atoms with Gasteiger partial charge in [0, 0.05) is 17.7 Å². The van der Waals surface area contributed by atoms with Gasteiger partial charge < -0.3 is 15.2 Å². The topological polar surface area (TPSA) is 92.7 Å². The number of carbonyl (C=O) groups excluding carboxylic acids is 1. The van der Waals surface area contributed by atoms with Crippen molar-refractivity contribution in [1.82, 2.24) is 0 Å². The molecule has 2 N–H and O–H groups in total. The lowest BCUT2D eigenvalue weighted by Crippen LogP contribution is -2.17. The number of phenols is 1. The number of benzene rings is 3. The van der Waals surface area contributed by atoms with E-state index in [0.717, 1.165) is 36.4 Å². The van der Waals surface area contributed by atoms with Gasteiger partial charge in [0.2, 0.25) is 15.7 Å². The van der Waals surface area contributed by atoms with E-state index in [0.29, 0.717) is 5.69 Å². The van der Waals surface area contributed by atoms with Crippen molar-refractivity contribution in [2.75, 3.05) is 5.32 Å². The number of hydrogen-bond acceptors (Lipinski definition) is 5. The summed E-state index contributed by atoms with van der Waals surface area (Å²) in [5.74, 6) is -1.51. The number of carbonyl (C=O) groups is 1. The zero-order valence-electron chi connectivity index (χ0n) is 16.9. The molecule has 0 heterocycles. The van der Waals surface area contributed by atoms with E-state index in [9.17, 15) is 22.7 Å². The predicted octanol–water partition coefficient (Wildman–Crippen LogP) is 6.06. The van der Waals surface area contributed by atoms with Crippen molar-refractivity contribution in [3.05, 3.63) is 70.5 Å². The maximum absolute atomic E-state index is 13.2. The summed E-state index contributed by atoms with van der Waals surface area (Å²) in [6.45, 7) is 3.47. The molecule has 0 aromatic heterocycles. The molecule has 0 fully saturated rings. The van der Waals surface area contributed by atoms with Crippen LogP contribution in [0.2, 0.25) is 10.0 Å². The van der Waals surface area contributed by atoms with Gasteiger partial charge in [-0.15, -0.1) is 0 Å². The number of rotatable bonds is 6. The number of halogens is 3. The summed E-state index contributed by atoms with van der Waals surface area (Å²) in [7, 11) is -4.16. The van der Waals surface area contributed by atoms with Crippen LogP contribution in [-0.2, 0) is 14.6 Å². The summed E-state index contributed by atoms with van der Waals surface area (Å²) in [5, 5.41) is 12.9. The van der Waals surface area contributed by atoms with E-state index in [1.54, 1.807) is 13.8 Å². The van der Waals surface area contributed by atoms with E-state index >= 15 is 0 Å². The normalized spacial score (nSPS) is 11.4. The van der Waals surface area contributed by atoms with Crippen molar-refractivity contribution in [1.29, 1.82) is 0 Å². The van der Waals surface area contributed by atoms with Crippen LogP contribution in [0.1, 0.15) is 13.8 Å². The van der Waals surface area contributed by atoms with Gasteiger partial charge in [-0.3, -0.25) is 4.79 Å². The lowest BCUT2D eigenvalue weighted by Gasteiger charge is -2.14. The molecule has 0 aliphatic carbocycles. The maximum atomic E-state index is 13.2. The highest BCUT2D eigenvalue weighted by Crippen LogP contribution is 2.40. The van der Waals surface area contributed by atoms with E-state index in [-0.39, 0.29) is 38.3 Å². The third kappa shape index (κ3) is 5.15. The summed E-state index contributed by atoms with van der Waals surface area (Å²) in [4.78, 5) is 11.2. The highest BCUT2D eigenvalue weighted by Gasteiger charge is 2.23. The minimum Gasteiger partial charge on any atom is -0.507 e. The molecular weight excluding hydrogens is 480 g/mol.